The van der Waals surface area contributed by atoms with Crippen LogP contribution in [-0.2, 0) is 4.79 Å². The van der Waals surface area contributed by atoms with Gasteiger partial charge in [0, 0.05) is 0 Å². The highest BCUT2D eigenvalue weighted by molar-refractivity contribution is 6.19. The summed E-state index contributed by atoms with van der Waals surface area (Å²) in [4.78, 5) is 9.48. The highest BCUT2D eigenvalue weighted by Crippen LogP contribution is 1.82. The zero-order chi connectivity index (χ0) is 5.86. The maximum atomic E-state index is 9.48. The lowest BCUT2D eigenvalue weighted by atomic mass is 10.4. The molecule has 42 valence electrons. The van der Waals surface area contributed by atoms with Gasteiger partial charge in [-0.15, -0.1) is 11.6 Å². The number of aliphatic hydroxyl groups excluding tert-OH is 1. The minimum Gasteiger partial charge on any atom is -0.547 e. The molecule has 0 aromatic heterocycles. The van der Waals surface area contributed by atoms with Crippen LogP contribution in [0.4, 0.5) is 0 Å². The van der Waals surface area contributed by atoms with Crippen molar-refractivity contribution in [1.82, 2.24) is 0 Å². The van der Waals surface area contributed by atoms with Gasteiger partial charge in [-0.05, 0) is 0 Å². The van der Waals surface area contributed by atoms with Gasteiger partial charge in [-0.3, -0.25) is 0 Å². The Morgan fingerprint density at radius 1 is 2.00 bits per heavy atom. The third-order valence-electron chi connectivity index (χ3n) is 0.418. The van der Waals surface area contributed by atoms with Crippen molar-refractivity contribution >= 4 is 17.6 Å². The molecule has 0 aliphatic rings. The van der Waals surface area contributed by atoms with Crippen molar-refractivity contribution in [2.45, 2.75) is 6.10 Å². The third kappa shape index (κ3) is 2.42. The van der Waals surface area contributed by atoms with Crippen molar-refractivity contribution in [3.05, 3.63) is 0 Å². The minimum absolute atomic E-state index is 0.317. The van der Waals surface area contributed by atoms with Crippen LogP contribution in [0.25, 0.3) is 0 Å². The van der Waals surface area contributed by atoms with Gasteiger partial charge in [-0.2, -0.15) is 0 Å². The Bertz CT molecular complexity index is 72.6. The molecule has 0 bridgehead atoms. The van der Waals surface area contributed by atoms with Crippen LogP contribution in [-0.4, -0.2) is 23.1 Å². The van der Waals surface area contributed by atoms with Gasteiger partial charge in [0.15, 0.2) is 0 Å². The lowest BCUT2D eigenvalue weighted by Crippen LogP contribution is -2.36. The lowest BCUT2D eigenvalue weighted by Gasteiger charge is -2.04. The molecule has 0 aromatic carbocycles. The largest absolute Gasteiger partial charge is 0.547 e. The summed E-state index contributed by atoms with van der Waals surface area (Å²) >= 11 is 4.88. The molecule has 7 heavy (non-hydrogen) atoms. The second-order valence-electron chi connectivity index (χ2n) is 0.989. The first-order valence-corrected chi connectivity index (χ1v) is 2.17. The predicted molar refractivity (Wildman–Crippen MR) is 21.7 cm³/mol. The second-order valence-corrected chi connectivity index (χ2v) is 1.30. The number of halogens is 1. The fourth-order valence-electron chi connectivity index (χ4n) is 0.0630. The van der Waals surface area contributed by atoms with E-state index in [2.05, 4.69) is 0 Å². The molecule has 4 heteroatoms. The Morgan fingerprint density at radius 2 is 2.43 bits per heavy atom. The summed E-state index contributed by atoms with van der Waals surface area (Å²) in [5.74, 6) is -1.85. The lowest BCUT2D eigenvalue weighted by molar-refractivity contribution is -0.313. The van der Waals surface area contributed by atoms with Crippen molar-refractivity contribution in [3.8, 4) is 0 Å². The number of carboxylic acid groups (broad SMARTS) is 1. The Kier molecular flexibility index (Phi) is 2.71. The van der Waals surface area contributed by atoms with Crippen LogP contribution in [0.1, 0.15) is 0 Å². The maximum absolute atomic E-state index is 9.48. The summed E-state index contributed by atoms with van der Waals surface area (Å²) in [5.41, 5.74) is 0. The highest BCUT2D eigenvalue weighted by Gasteiger charge is 1.98. The van der Waals surface area contributed by atoms with E-state index in [9.17, 15) is 9.90 Å². The van der Waals surface area contributed by atoms with Gasteiger partial charge >= 0.3 is 0 Å². The van der Waals surface area contributed by atoms with E-state index in [0.717, 1.165) is 0 Å². The van der Waals surface area contributed by atoms with E-state index in [1.807, 2.05) is 0 Å². The molecule has 1 atom stereocenters. The minimum atomic E-state index is -1.53. The van der Waals surface area contributed by atoms with E-state index in [4.69, 9.17) is 16.7 Å². The summed E-state index contributed by atoms with van der Waals surface area (Å²) < 4.78 is 0. The van der Waals surface area contributed by atoms with E-state index in [-0.39, 0.29) is 5.88 Å². The van der Waals surface area contributed by atoms with E-state index >= 15 is 0 Å². The number of rotatable bonds is 2. The predicted octanol–water partition coefficient (Wildman–Crippen LogP) is -1.66. The molecule has 0 aliphatic carbocycles. The zero-order valence-corrected chi connectivity index (χ0v) is 4.18. The van der Waals surface area contributed by atoms with Crippen molar-refractivity contribution in [3.63, 3.8) is 0 Å². The number of alkyl halides is 1. The van der Waals surface area contributed by atoms with Crippen molar-refractivity contribution in [2.24, 2.45) is 0 Å². The standard InChI is InChI=1S/C3H5ClO3/c4-1-2(5)3(6)7/h2,5H,1H2,(H,6,7)/p-1. The quantitative estimate of drug-likeness (QED) is 0.447. The monoisotopic (exact) mass is 123 g/mol. The molecule has 0 saturated heterocycles. The molecule has 0 radical (unpaired) electrons. The average Bonchev–Trinajstić information content (AvgIpc) is 1.65. The molecular weight excluding hydrogens is 119 g/mol. The second kappa shape index (κ2) is 2.82. The van der Waals surface area contributed by atoms with E-state index < -0.39 is 12.1 Å². The van der Waals surface area contributed by atoms with Crippen molar-refractivity contribution in [1.29, 1.82) is 0 Å². The van der Waals surface area contributed by atoms with E-state index in [1.54, 1.807) is 0 Å². The topological polar surface area (TPSA) is 60.4 Å². The van der Waals surface area contributed by atoms with Crippen LogP contribution in [0.2, 0.25) is 0 Å². The molecule has 0 aromatic rings. The first kappa shape index (κ1) is 6.72. The summed E-state index contributed by atoms with van der Waals surface area (Å²) in [7, 11) is 0. The Hall–Kier alpha value is -0.280. The molecule has 1 unspecified atom stereocenters. The number of hydrogen-bond donors (Lipinski definition) is 1. The normalized spacial score (nSPS) is 13.4. The van der Waals surface area contributed by atoms with Crippen molar-refractivity contribution < 1.29 is 15.0 Å². The van der Waals surface area contributed by atoms with Crippen LogP contribution in [0.5, 0.6) is 0 Å². The van der Waals surface area contributed by atoms with Gasteiger partial charge in [-0.1, -0.05) is 0 Å². The van der Waals surface area contributed by atoms with Gasteiger partial charge in [0.2, 0.25) is 0 Å². The first-order valence-electron chi connectivity index (χ1n) is 1.63. The molecular formula is C3H4ClO3-. The number of carbonyl (C=O) groups excluding carboxylic acids is 1. The fraction of sp³-hybridized carbons (Fsp3) is 0.667. The molecule has 1 N–H and O–H groups in total. The van der Waals surface area contributed by atoms with Crippen molar-refractivity contribution in [2.75, 3.05) is 5.88 Å². The number of aliphatic carboxylic acids is 1. The van der Waals surface area contributed by atoms with Gasteiger partial charge in [0.25, 0.3) is 0 Å². The summed E-state index contributed by atoms with van der Waals surface area (Å²) in [5, 5.41) is 17.6. The molecule has 0 aliphatic heterocycles. The van der Waals surface area contributed by atoms with Crippen LogP contribution in [0.15, 0.2) is 0 Å². The Labute approximate surface area is 45.5 Å². The summed E-state index contributed by atoms with van der Waals surface area (Å²) in [6, 6.07) is 0. The van der Waals surface area contributed by atoms with Gasteiger partial charge in [-0.25, -0.2) is 0 Å². The number of carbonyl (C=O) groups is 1. The number of aliphatic hydroxyl groups is 1. The molecule has 0 heterocycles. The molecule has 0 amide bonds. The maximum Gasteiger partial charge on any atom is 0.107 e. The Morgan fingerprint density at radius 3 is 2.43 bits per heavy atom. The number of carboxylic acids is 1. The number of hydrogen-bond acceptors (Lipinski definition) is 3. The molecule has 0 saturated carbocycles. The average molecular weight is 124 g/mol. The summed E-state index contributed by atoms with van der Waals surface area (Å²) in [6.45, 7) is 0. The van der Waals surface area contributed by atoms with Gasteiger partial charge in [0.05, 0.1) is 11.8 Å². The van der Waals surface area contributed by atoms with Crippen LogP contribution < -0.4 is 5.11 Å². The van der Waals surface area contributed by atoms with Gasteiger partial charge in [0.1, 0.15) is 6.10 Å². The van der Waals surface area contributed by atoms with Crippen LogP contribution in [0, 0.1) is 0 Å². The van der Waals surface area contributed by atoms with E-state index in [1.165, 1.54) is 0 Å². The first-order chi connectivity index (χ1) is 3.18. The van der Waals surface area contributed by atoms with Gasteiger partial charge < -0.3 is 15.0 Å². The third-order valence-corrected chi connectivity index (χ3v) is 0.711. The summed E-state index contributed by atoms with van der Waals surface area (Å²) in [6.07, 6.45) is -1.53. The zero-order valence-electron chi connectivity index (χ0n) is 3.43. The SMILES string of the molecule is O=C([O-])C(O)CCl. The van der Waals surface area contributed by atoms with Crippen LogP contribution in [0.3, 0.4) is 0 Å². The molecule has 0 fully saturated rings. The molecule has 0 spiro atoms. The highest BCUT2D eigenvalue weighted by atomic mass is 35.5. The van der Waals surface area contributed by atoms with E-state index in [0.29, 0.717) is 0 Å². The smallest absolute Gasteiger partial charge is 0.107 e. The molecule has 3 nitrogen and oxygen atoms in total. The Balaban J connectivity index is 3.34. The molecule has 0 rings (SSSR count). The fourth-order valence-corrected chi connectivity index (χ4v) is 0.189. The van der Waals surface area contributed by atoms with Crippen LogP contribution >= 0.6 is 11.6 Å².